The van der Waals surface area contributed by atoms with Crippen molar-refractivity contribution in [3.63, 3.8) is 0 Å². The zero-order chi connectivity index (χ0) is 42.1. The second-order valence-electron chi connectivity index (χ2n) is 15.3. The third-order valence-electron chi connectivity index (χ3n) is 10.2. The predicted octanol–water partition coefficient (Wildman–Crippen LogP) is 3.86. The summed E-state index contributed by atoms with van der Waals surface area (Å²) in [7, 11) is 5.34. The lowest BCUT2D eigenvalue weighted by atomic mass is 9.96. The predicted molar refractivity (Wildman–Crippen MR) is 224 cm³/mol. The van der Waals surface area contributed by atoms with Crippen molar-refractivity contribution in [1.82, 2.24) is 24.9 Å². The quantitative estimate of drug-likeness (QED) is 0.137. The van der Waals surface area contributed by atoms with E-state index < -0.39 is 0 Å². The van der Waals surface area contributed by atoms with Gasteiger partial charge in [0, 0.05) is 101 Å². The van der Waals surface area contributed by atoms with Gasteiger partial charge in [0.1, 0.15) is 11.6 Å². The van der Waals surface area contributed by atoms with Crippen molar-refractivity contribution >= 4 is 57.8 Å². The van der Waals surface area contributed by atoms with Gasteiger partial charge in [0.25, 0.3) is 0 Å². The molecule has 14 nitrogen and oxygen atoms in total. The number of nitrogens with zero attached hydrogens (tertiary/aromatic N) is 4. The maximum atomic E-state index is 12.1. The van der Waals surface area contributed by atoms with Crippen LogP contribution in [0.2, 0.25) is 0 Å². The van der Waals surface area contributed by atoms with Crippen molar-refractivity contribution < 1.29 is 43.0 Å². The average Bonchev–Trinajstić information content (AvgIpc) is 3.56. The molecule has 3 atom stereocenters. The van der Waals surface area contributed by atoms with Crippen LogP contribution in [0, 0.1) is 17.8 Å². The highest BCUT2D eigenvalue weighted by Crippen LogP contribution is 2.19. The number of morpholine rings is 2. The maximum absolute atomic E-state index is 12.1. The van der Waals surface area contributed by atoms with Crippen LogP contribution in [0.15, 0.2) is 0 Å². The first kappa shape index (κ1) is 52.8. The third-order valence-corrected chi connectivity index (χ3v) is 10.8. The Morgan fingerprint density at radius 2 is 1.15 bits per heavy atom. The lowest BCUT2D eigenvalue weighted by Gasteiger charge is -2.28. The molecule has 0 aromatic rings. The van der Waals surface area contributed by atoms with E-state index in [2.05, 4.69) is 32.8 Å². The van der Waals surface area contributed by atoms with Crippen molar-refractivity contribution in [2.45, 2.75) is 112 Å². The van der Waals surface area contributed by atoms with E-state index in [0.29, 0.717) is 25.9 Å². The molecule has 0 spiro atoms. The van der Waals surface area contributed by atoms with Crippen LogP contribution in [-0.4, -0.2) is 164 Å². The lowest BCUT2D eigenvalue weighted by Crippen LogP contribution is -2.39. The molecule has 1 N–H and O–H groups in total. The molecule has 0 radical (unpaired) electrons. The number of rotatable bonds is 16. The molecule has 0 aromatic heterocycles. The first-order valence-corrected chi connectivity index (χ1v) is 21.4. The van der Waals surface area contributed by atoms with Crippen LogP contribution in [-0.2, 0) is 43.0 Å². The molecule has 320 valence electrons. The molecule has 3 fully saturated rings. The number of cyclic esters (lactones) is 1. The first-order valence-electron chi connectivity index (χ1n) is 19.9. The Balaban J connectivity index is 0.000000748. The van der Waals surface area contributed by atoms with Crippen molar-refractivity contribution in [3.05, 3.63) is 0 Å². The second-order valence-corrected chi connectivity index (χ2v) is 16.3. The summed E-state index contributed by atoms with van der Waals surface area (Å²) < 4.78 is 16.0. The molecule has 0 bridgehead atoms. The zero-order valence-electron chi connectivity index (χ0n) is 35.8. The van der Waals surface area contributed by atoms with Gasteiger partial charge in [0.15, 0.2) is 0 Å². The molecule has 3 aliphatic rings. The number of carbonyl (C=O) groups is 6. The maximum Gasteiger partial charge on any atom is 0.309 e. The molecule has 3 aliphatic heterocycles. The van der Waals surface area contributed by atoms with E-state index in [1.54, 1.807) is 49.7 Å². The number of nitrogens with one attached hydrogen (secondary N) is 1. The number of halogens is 1. The van der Waals surface area contributed by atoms with E-state index in [1.165, 1.54) is 0 Å². The molecule has 3 heterocycles. The van der Waals surface area contributed by atoms with Gasteiger partial charge >= 0.3 is 5.97 Å². The number of ether oxygens (including phenoxy) is 3. The Morgan fingerprint density at radius 1 is 0.709 bits per heavy atom. The van der Waals surface area contributed by atoms with E-state index in [1.807, 2.05) is 41.5 Å². The van der Waals surface area contributed by atoms with Crippen LogP contribution < -0.4 is 5.32 Å². The average molecular weight is 896 g/mol. The summed E-state index contributed by atoms with van der Waals surface area (Å²) in [4.78, 5) is 76.9. The van der Waals surface area contributed by atoms with Gasteiger partial charge in [-0.2, -0.15) is 0 Å². The zero-order valence-corrected chi connectivity index (χ0v) is 38.0. The summed E-state index contributed by atoms with van der Waals surface area (Å²) in [5, 5.41) is 3.16. The SMILES string of the molecule is C1COCCN1.CC(=O)[C@H](CCI)CC(=O)N(C)C(C)C.CC(=O)[C@H](CCN1CCOCC1)CC(=O)N(C)C(C)C.CC(C)N(C)C(=O)C[C@H]1CCOC1=O. The largest absolute Gasteiger partial charge is 0.465 e. The van der Waals surface area contributed by atoms with Crippen LogP contribution in [0.3, 0.4) is 0 Å². The van der Waals surface area contributed by atoms with Gasteiger partial charge in [-0.15, -0.1) is 0 Å². The smallest absolute Gasteiger partial charge is 0.309 e. The van der Waals surface area contributed by atoms with Gasteiger partial charge in [0.05, 0.1) is 39.0 Å². The van der Waals surface area contributed by atoms with Gasteiger partial charge in [-0.1, -0.05) is 22.6 Å². The molecular formula is C40H74IN5O9. The van der Waals surface area contributed by atoms with Crippen LogP contribution in [0.25, 0.3) is 0 Å². The standard InChI is InChI=1S/C15H28N2O3.C11H20INO2.C10H17NO3.C4H9NO/c1-12(2)16(4)15(19)11-14(13(3)18)5-6-17-7-9-20-10-8-17;1-8(2)13(4)11(15)7-10(5-6-12)9(3)14;1-7(2)11(3)9(12)6-8-4-5-14-10(8)13;1-3-6-4-2-5-1/h12,14H,5-11H2,1-4H3;8,10H,5-7H2,1-4H3;7-8H,4-6H2,1-3H3;5H,1-4H2/t14-;10-;8-;/m111./s1. The topological polar surface area (TPSA) is 155 Å². The molecular weight excluding hydrogens is 821 g/mol. The van der Waals surface area contributed by atoms with Gasteiger partial charge in [0.2, 0.25) is 17.7 Å². The summed E-state index contributed by atoms with van der Waals surface area (Å²) in [6.07, 6.45) is 3.20. The van der Waals surface area contributed by atoms with E-state index in [9.17, 15) is 28.8 Å². The third kappa shape index (κ3) is 23.6. The molecule has 15 heteroatoms. The van der Waals surface area contributed by atoms with Crippen molar-refractivity contribution in [1.29, 1.82) is 0 Å². The number of amides is 3. The number of ketones is 2. The second kappa shape index (κ2) is 29.9. The summed E-state index contributed by atoms with van der Waals surface area (Å²) in [5.41, 5.74) is 0. The highest BCUT2D eigenvalue weighted by atomic mass is 127. The molecule has 3 saturated heterocycles. The Kier molecular flexibility index (Phi) is 28.7. The Morgan fingerprint density at radius 3 is 1.49 bits per heavy atom. The van der Waals surface area contributed by atoms with Crippen LogP contribution in [0.1, 0.15) is 93.9 Å². The van der Waals surface area contributed by atoms with E-state index in [0.717, 1.165) is 76.4 Å². The van der Waals surface area contributed by atoms with Crippen LogP contribution >= 0.6 is 22.6 Å². The highest BCUT2D eigenvalue weighted by molar-refractivity contribution is 14.1. The van der Waals surface area contributed by atoms with E-state index in [4.69, 9.17) is 14.2 Å². The Bertz CT molecular complexity index is 1130. The van der Waals surface area contributed by atoms with Gasteiger partial charge in [-0.3, -0.25) is 33.7 Å². The van der Waals surface area contributed by atoms with Crippen molar-refractivity contribution in [2.24, 2.45) is 17.8 Å². The summed E-state index contributed by atoms with van der Waals surface area (Å²) >= 11 is 2.24. The number of carbonyl (C=O) groups excluding carboxylic acids is 6. The van der Waals surface area contributed by atoms with E-state index >= 15 is 0 Å². The monoisotopic (exact) mass is 895 g/mol. The lowest BCUT2D eigenvalue weighted by molar-refractivity contribution is -0.144. The molecule has 0 aromatic carbocycles. The molecule has 3 rings (SSSR count). The molecule has 0 aliphatic carbocycles. The number of esters is 1. The Hall–Kier alpha value is -2.21. The molecule has 3 amide bonds. The number of hydrogen-bond acceptors (Lipinski definition) is 11. The number of hydrogen-bond donors (Lipinski definition) is 1. The minimum absolute atomic E-state index is 0.0175. The fraction of sp³-hybridized carbons (Fsp3) is 0.850. The molecule has 0 unspecified atom stereocenters. The minimum atomic E-state index is -0.226. The summed E-state index contributed by atoms with van der Waals surface area (Å²) in [6.45, 7) is 23.5. The fourth-order valence-electron chi connectivity index (χ4n) is 5.36. The number of alkyl halides is 1. The van der Waals surface area contributed by atoms with Crippen LogP contribution in [0.4, 0.5) is 0 Å². The normalized spacial score (nSPS) is 18.0. The van der Waals surface area contributed by atoms with Gasteiger partial charge < -0.3 is 34.2 Å². The van der Waals surface area contributed by atoms with Gasteiger partial charge in [-0.05, 0) is 81.2 Å². The fourth-order valence-corrected chi connectivity index (χ4v) is 6.11. The first-order chi connectivity index (χ1) is 25.8. The summed E-state index contributed by atoms with van der Waals surface area (Å²) in [5.74, 6) is -0.330. The van der Waals surface area contributed by atoms with E-state index in [-0.39, 0.29) is 77.6 Å². The summed E-state index contributed by atoms with van der Waals surface area (Å²) in [6, 6.07) is 0.555. The minimum Gasteiger partial charge on any atom is -0.465 e. The molecule has 0 saturated carbocycles. The van der Waals surface area contributed by atoms with Crippen LogP contribution in [0.5, 0.6) is 0 Å². The van der Waals surface area contributed by atoms with Crippen molar-refractivity contribution in [3.8, 4) is 0 Å². The highest BCUT2D eigenvalue weighted by Gasteiger charge is 2.30. The molecule has 55 heavy (non-hydrogen) atoms. The van der Waals surface area contributed by atoms with Gasteiger partial charge in [-0.25, -0.2) is 0 Å². The Labute approximate surface area is 345 Å². The number of Topliss-reactive ketones (excluding diaryl/α,β-unsaturated/α-hetero) is 2. The van der Waals surface area contributed by atoms with Crippen molar-refractivity contribution in [2.75, 3.05) is 91.3 Å².